The van der Waals surface area contributed by atoms with Crippen LogP contribution in [0.2, 0.25) is 5.02 Å². The first-order chi connectivity index (χ1) is 14.1. The molecular weight excluding hydrogens is 473 g/mol. The molecule has 2 atom stereocenters. The maximum Gasteiger partial charge on any atom is 0.410 e. The van der Waals surface area contributed by atoms with Gasteiger partial charge in [0.25, 0.3) is 0 Å². The van der Waals surface area contributed by atoms with Gasteiger partial charge in [-0.3, -0.25) is 0 Å². The van der Waals surface area contributed by atoms with Gasteiger partial charge >= 0.3 is 6.09 Å². The van der Waals surface area contributed by atoms with Crippen molar-refractivity contribution < 1.29 is 18.7 Å². The Morgan fingerprint density at radius 2 is 2.03 bits per heavy atom. The van der Waals surface area contributed by atoms with Gasteiger partial charge < -0.3 is 14.4 Å². The average molecular weight is 497 g/mol. The molecular formula is C23H24BrClFNO3. The minimum atomic E-state index is -0.851. The molecule has 2 heterocycles. The fourth-order valence-corrected chi connectivity index (χ4v) is 5.11. The molecule has 2 aliphatic heterocycles. The predicted octanol–water partition coefficient (Wildman–Crippen LogP) is 6.47. The summed E-state index contributed by atoms with van der Waals surface area (Å²) in [4.78, 5) is 14.8. The Morgan fingerprint density at radius 1 is 1.33 bits per heavy atom. The first-order valence-corrected chi connectivity index (χ1v) is 11.2. The van der Waals surface area contributed by atoms with Crippen molar-refractivity contribution in [3.05, 3.63) is 62.8 Å². The lowest BCUT2D eigenvalue weighted by molar-refractivity contribution is -0.0216. The number of likely N-dealkylation sites (tertiary alicyclic amines) is 1. The first-order valence-electron chi connectivity index (χ1n) is 10.0. The first kappa shape index (κ1) is 21.4. The predicted molar refractivity (Wildman–Crippen MR) is 118 cm³/mol. The summed E-state index contributed by atoms with van der Waals surface area (Å²) in [7, 11) is 0. The van der Waals surface area contributed by atoms with E-state index in [4.69, 9.17) is 21.1 Å². The van der Waals surface area contributed by atoms with E-state index in [1.54, 1.807) is 4.90 Å². The van der Waals surface area contributed by atoms with Crippen LogP contribution in [0.3, 0.4) is 0 Å². The SMILES string of the molecule is CC(C)(C)OC(=O)N1CCC[C@H]1[C@@]1(c2ccccc2)Cc2c(cc(F)c(Cl)c2Br)O1. The van der Waals surface area contributed by atoms with Crippen LogP contribution in [0.1, 0.15) is 44.7 Å². The number of amides is 1. The number of fused-ring (bicyclic) bond motifs is 1. The largest absolute Gasteiger partial charge is 0.480 e. The maximum absolute atomic E-state index is 14.3. The molecule has 1 saturated heterocycles. The third-order valence-electron chi connectivity index (χ3n) is 5.64. The van der Waals surface area contributed by atoms with E-state index < -0.39 is 17.0 Å². The van der Waals surface area contributed by atoms with Crippen LogP contribution >= 0.6 is 27.5 Å². The van der Waals surface area contributed by atoms with Crippen molar-refractivity contribution >= 4 is 33.6 Å². The van der Waals surface area contributed by atoms with Crippen LogP contribution in [0, 0.1) is 5.82 Å². The molecule has 0 bridgehead atoms. The molecule has 4 rings (SSSR count). The smallest absolute Gasteiger partial charge is 0.410 e. The van der Waals surface area contributed by atoms with Gasteiger partial charge in [-0.2, -0.15) is 0 Å². The monoisotopic (exact) mass is 495 g/mol. The van der Waals surface area contributed by atoms with E-state index in [0.29, 0.717) is 23.2 Å². The zero-order valence-corrected chi connectivity index (χ0v) is 19.5. The van der Waals surface area contributed by atoms with Crippen LogP contribution in [0.15, 0.2) is 40.9 Å². The fourth-order valence-electron chi connectivity index (χ4n) is 4.41. The van der Waals surface area contributed by atoms with Gasteiger partial charge in [-0.15, -0.1) is 0 Å². The number of hydrogen-bond donors (Lipinski definition) is 0. The van der Waals surface area contributed by atoms with E-state index in [9.17, 15) is 9.18 Å². The van der Waals surface area contributed by atoms with Gasteiger partial charge in [0.1, 0.15) is 17.2 Å². The Bertz CT molecular complexity index is 979. The quantitative estimate of drug-likeness (QED) is 0.447. The highest BCUT2D eigenvalue weighted by atomic mass is 79.9. The number of carbonyl (C=O) groups excluding carboxylic acids is 1. The highest BCUT2D eigenvalue weighted by Crippen LogP contribution is 2.51. The highest BCUT2D eigenvalue weighted by molar-refractivity contribution is 9.10. The molecule has 0 aromatic heterocycles. The Labute approximate surface area is 189 Å². The lowest BCUT2D eigenvalue weighted by Crippen LogP contribution is -2.53. The summed E-state index contributed by atoms with van der Waals surface area (Å²) in [5, 5.41) is 0.0385. The molecule has 4 nitrogen and oxygen atoms in total. The summed E-state index contributed by atoms with van der Waals surface area (Å²) in [5.74, 6) is -0.0924. The lowest BCUT2D eigenvalue weighted by Gasteiger charge is -2.40. The summed E-state index contributed by atoms with van der Waals surface area (Å²) < 4.78 is 27.0. The molecule has 0 aliphatic carbocycles. The molecule has 30 heavy (non-hydrogen) atoms. The van der Waals surface area contributed by atoms with E-state index in [1.165, 1.54) is 6.07 Å². The number of ether oxygens (including phenoxy) is 2. The van der Waals surface area contributed by atoms with Crippen LogP contribution in [0.25, 0.3) is 0 Å². The van der Waals surface area contributed by atoms with Gasteiger partial charge in [0.2, 0.25) is 0 Å². The standard InChI is InChI=1S/C23H24BrClFNO3/c1-22(2,3)30-21(28)27-11-7-10-18(27)23(14-8-5-4-6-9-14)13-15-17(29-23)12-16(26)20(25)19(15)24/h4-6,8-9,12,18H,7,10-11,13H2,1-3H3/t18-,23-/m0/s1. The third kappa shape index (κ3) is 3.69. The van der Waals surface area contributed by atoms with Crippen LogP contribution < -0.4 is 4.74 Å². The normalized spacial score (nSPS) is 23.3. The molecule has 160 valence electrons. The molecule has 0 saturated carbocycles. The van der Waals surface area contributed by atoms with E-state index in [1.807, 2.05) is 51.1 Å². The molecule has 2 aromatic rings. The number of nitrogens with zero attached hydrogens (tertiary/aromatic N) is 1. The van der Waals surface area contributed by atoms with E-state index in [0.717, 1.165) is 24.0 Å². The molecule has 2 aromatic carbocycles. The third-order valence-corrected chi connectivity index (χ3v) is 7.11. The Balaban J connectivity index is 1.79. The summed E-state index contributed by atoms with van der Waals surface area (Å²) in [5.41, 5.74) is 0.298. The number of rotatable bonds is 2. The van der Waals surface area contributed by atoms with Crippen LogP contribution in [-0.4, -0.2) is 29.2 Å². The fraction of sp³-hybridized carbons (Fsp3) is 0.435. The Kier molecular flexibility index (Phi) is 5.52. The summed E-state index contributed by atoms with van der Waals surface area (Å²) >= 11 is 9.59. The minimum Gasteiger partial charge on any atom is -0.480 e. The van der Waals surface area contributed by atoms with Crippen molar-refractivity contribution in [3.63, 3.8) is 0 Å². The highest BCUT2D eigenvalue weighted by Gasteiger charge is 2.54. The summed E-state index contributed by atoms with van der Waals surface area (Å²) in [6.45, 7) is 6.15. The Morgan fingerprint density at radius 3 is 2.70 bits per heavy atom. The van der Waals surface area contributed by atoms with Gasteiger partial charge in [0.15, 0.2) is 5.60 Å². The maximum atomic E-state index is 14.3. The molecule has 7 heteroatoms. The second-order valence-corrected chi connectivity index (χ2v) is 10.0. The van der Waals surface area contributed by atoms with E-state index in [-0.39, 0.29) is 17.2 Å². The van der Waals surface area contributed by atoms with Crippen molar-refractivity contribution in [2.24, 2.45) is 0 Å². The summed E-state index contributed by atoms with van der Waals surface area (Å²) in [6.07, 6.45) is 1.71. The molecule has 0 radical (unpaired) electrons. The number of carbonyl (C=O) groups is 1. The zero-order valence-electron chi connectivity index (χ0n) is 17.2. The summed E-state index contributed by atoms with van der Waals surface area (Å²) in [6, 6.07) is 10.9. The lowest BCUT2D eigenvalue weighted by atomic mass is 9.81. The number of halogens is 3. The van der Waals surface area contributed by atoms with Gasteiger partial charge in [-0.25, -0.2) is 9.18 Å². The van der Waals surface area contributed by atoms with Crippen molar-refractivity contribution in [2.45, 2.75) is 57.3 Å². The number of hydrogen-bond acceptors (Lipinski definition) is 3. The van der Waals surface area contributed by atoms with Crippen LogP contribution in [0.4, 0.5) is 9.18 Å². The zero-order chi connectivity index (χ0) is 21.7. The van der Waals surface area contributed by atoms with Crippen LogP contribution in [-0.2, 0) is 16.8 Å². The Hall–Kier alpha value is -1.79. The van der Waals surface area contributed by atoms with Gasteiger partial charge in [-0.05, 0) is 55.1 Å². The molecule has 1 amide bonds. The van der Waals surface area contributed by atoms with Gasteiger partial charge in [0, 0.05) is 29.1 Å². The van der Waals surface area contributed by atoms with E-state index in [2.05, 4.69) is 15.9 Å². The van der Waals surface area contributed by atoms with Gasteiger partial charge in [-0.1, -0.05) is 41.9 Å². The average Bonchev–Trinajstić information content (AvgIpc) is 3.31. The van der Waals surface area contributed by atoms with E-state index >= 15 is 0 Å². The minimum absolute atomic E-state index is 0.0385. The topological polar surface area (TPSA) is 38.8 Å². The second-order valence-electron chi connectivity index (χ2n) is 8.83. The molecule has 0 spiro atoms. The molecule has 1 fully saturated rings. The van der Waals surface area contributed by atoms with Crippen molar-refractivity contribution in [1.29, 1.82) is 0 Å². The van der Waals surface area contributed by atoms with Crippen LogP contribution in [0.5, 0.6) is 5.75 Å². The van der Waals surface area contributed by atoms with Crippen molar-refractivity contribution in [3.8, 4) is 5.75 Å². The van der Waals surface area contributed by atoms with Crippen molar-refractivity contribution in [2.75, 3.05) is 6.54 Å². The molecule has 0 N–H and O–H groups in total. The van der Waals surface area contributed by atoms with Gasteiger partial charge in [0.05, 0.1) is 11.1 Å². The second kappa shape index (κ2) is 7.72. The van der Waals surface area contributed by atoms with Crippen molar-refractivity contribution in [1.82, 2.24) is 4.90 Å². The molecule has 2 aliphatic rings. The number of benzene rings is 2. The molecule has 0 unspecified atom stereocenters.